The number of ether oxygens (including phenoxy) is 3. The van der Waals surface area contributed by atoms with Crippen molar-refractivity contribution in [1.29, 1.82) is 0 Å². The van der Waals surface area contributed by atoms with Crippen LogP contribution in [-0.2, 0) is 10.0 Å². The first-order valence-corrected chi connectivity index (χ1v) is 11.5. The molecule has 2 aromatic heterocycles. The van der Waals surface area contributed by atoms with Gasteiger partial charge < -0.3 is 14.2 Å². The van der Waals surface area contributed by atoms with Gasteiger partial charge in [-0.25, -0.2) is 17.5 Å². The second-order valence-corrected chi connectivity index (χ2v) is 8.79. The number of benzene rings is 2. The molecule has 10 nitrogen and oxygen atoms in total. The van der Waals surface area contributed by atoms with Crippen LogP contribution in [0.5, 0.6) is 17.4 Å². The molecule has 0 fully saturated rings. The topological polar surface area (TPSA) is 117 Å². The van der Waals surface area contributed by atoms with E-state index in [1.165, 1.54) is 28.8 Å². The van der Waals surface area contributed by atoms with E-state index >= 15 is 0 Å². The highest BCUT2D eigenvalue weighted by molar-refractivity contribution is 7.89. The Morgan fingerprint density at radius 3 is 2.61 bits per heavy atom. The van der Waals surface area contributed by atoms with Crippen molar-refractivity contribution in [1.82, 2.24) is 24.5 Å². The fourth-order valence-corrected chi connectivity index (χ4v) is 4.26. The summed E-state index contributed by atoms with van der Waals surface area (Å²) in [6, 6.07) is 13.5. The molecule has 0 saturated heterocycles. The maximum atomic E-state index is 13.2. The molecule has 3 heterocycles. The van der Waals surface area contributed by atoms with Crippen LogP contribution >= 0.6 is 0 Å². The molecule has 0 unspecified atom stereocenters. The van der Waals surface area contributed by atoms with E-state index < -0.39 is 10.0 Å². The third kappa shape index (κ3) is 4.43. The largest absolute Gasteiger partial charge is 0.486 e. The molecular weight excluding hydrogens is 453 g/mol. The van der Waals surface area contributed by atoms with Crippen LogP contribution in [0.1, 0.15) is 0 Å². The molecule has 170 valence electrons. The lowest BCUT2D eigenvalue weighted by molar-refractivity contribution is 0.171. The zero-order chi connectivity index (χ0) is 22.8. The van der Waals surface area contributed by atoms with Crippen molar-refractivity contribution in [3.05, 3.63) is 60.4 Å². The fraction of sp³-hybridized carbons (Fsp3) is 0.190. The van der Waals surface area contributed by atoms with E-state index in [-0.39, 0.29) is 29.7 Å². The highest BCUT2D eigenvalue weighted by Crippen LogP contribution is 2.32. The molecule has 5 rings (SSSR count). The molecule has 0 amide bonds. The standard InChI is InChI=1S/C21H18FN5O5S/c22-15-3-1-14(2-4-15)21-25-24-19-7-8-20(26-27(19)21)32-10-9-23-33(28,29)16-5-6-17-18(13-16)31-12-11-30-17/h1-8,13,23H,9-12H2. The van der Waals surface area contributed by atoms with Gasteiger partial charge in [-0.15, -0.1) is 15.3 Å². The number of fused-ring (bicyclic) bond motifs is 2. The number of hydrogen-bond acceptors (Lipinski definition) is 8. The summed E-state index contributed by atoms with van der Waals surface area (Å²) in [4.78, 5) is 0.0692. The zero-order valence-corrected chi connectivity index (χ0v) is 18.0. The van der Waals surface area contributed by atoms with Crippen LogP contribution in [-0.4, -0.2) is 54.6 Å². The lowest BCUT2D eigenvalue weighted by Gasteiger charge is -2.18. The number of sulfonamides is 1. The van der Waals surface area contributed by atoms with Crippen molar-refractivity contribution < 1.29 is 27.0 Å². The highest BCUT2D eigenvalue weighted by atomic mass is 32.2. The summed E-state index contributed by atoms with van der Waals surface area (Å²) >= 11 is 0. The van der Waals surface area contributed by atoms with Gasteiger partial charge in [0.1, 0.15) is 25.6 Å². The van der Waals surface area contributed by atoms with Gasteiger partial charge in [0.2, 0.25) is 15.9 Å². The lowest BCUT2D eigenvalue weighted by atomic mass is 10.2. The summed E-state index contributed by atoms with van der Waals surface area (Å²) in [6.45, 7) is 0.846. The third-order valence-corrected chi connectivity index (χ3v) is 6.27. The smallest absolute Gasteiger partial charge is 0.240 e. The number of rotatable bonds is 7. The molecule has 0 saturated carbocycles. The summed E-state index contributed by atoms with van der Waals surface area (Å²) in [6.07, 6.45) is 0. The average Bonchev–Trinajstić information content (AvgIpc) is 3.25. The van der Waals surface area contributed by atoms with Crippen molar-refractivity contribution in [3.63, 3.8) is 0 Å². The van der Waals surface area contributed by atoms with Crippen LogP contribution in [0, 0.1) is 5.82 Å². The molecular formula is C21H18FN5O5S. The number of hydrogen-bond donors (Lipinski definition) is 1. The molecule has 4 aromatic rings. The molecule has 1 aliphatic heterocycles. The number of aromatic nitrogens is 4. The van der Waals surface area contributed by atoms with Crippen LogP contribution in [0.3, 0.4) is 0 Å². The Bertz CT molecular complexity index is 1410. The number of halogens is 1. The predicted molar refractivity (Wildman–Crippen MR) is 114 cm³/mol. The molecule has 0 bridgehead atoms. The van der Waals surface area contributed by atoms with Crippen molar-refractivity contribution in [3.8, 4) is 28.8 Å². The summed E-state index contributed by atoms with van der Waals surface area (Å²) in [7, 11) is -3.76. The van der Waals surface area contributed by atoms with Crippen LogP contribution < -0.4 is 18.9 Å². The van der Waals surface area contributed by atoms with E-state index in [4.69, 9.17) is 14.2 Å². The first-order valence-electron chi connectivity index (χ1n) is 10.0. The summed E-state index contributed by atoms with van der Waals surface area (Å²) in [5.41, 5.74) is 1.13. The van der Waals surface area contributed by atoms with Crippen molar-refractivity contribution >= 4 is 15.7 Å². The first-order chi connectivity index (χ1) is 16.0. The quantitative estimate of drug-likeness (QED) is 0.407. The van der Waals surface area contributed by atoms with E-state index in [1.807, 2.05) is 0 Å². The molecule has 33 heavy (non-hydrogen) atoms. The van der Waals surface area contributed by atoms with Crippen LogP contribution in [0.4, 0.5) is 4.39 Å². The van der Waals surface area contributed by atoms with E-state index in [1.54, 1.807) is 30.3 Å². The SMILES string of the molecule is O=S(=O)(NCCOc1ccc2nnc(-c3ccc(F)cc3)n2n1)c1ccc2c(c1)OCCO2. The van der Waals surface area contributed by atoms with E-state index in [0.717, 1.165) is 0 Å². The maximum absolute atomic E-state index is 13.2. The monoisotopic (exact) mass is 471 g/mol. The number of nitrogens with zero attached hydrogens (tertiary/aromatic N) is 4. The average molecular weight is 471 g/mol. The minimum absolute atomic E-state index is 0.0174. The van der Waals surface area contributed by atoms with Crippen molar-refractivity contribution in [2.75, 3.05) is 26.4 Å². The molecule has 1 N–H and O–H groups in total. The molecule has 2 aromatic carbocycles. The van der Waals surface area contributed by atoms with Gasteiger partial charge in [-0.3, -0.25) is 0 Å². The Balaban J connectivity index is 1.24. The Morgan fingerprint density at radius 1 is 1.00 bits per heavy atom. The lowest BCUT2D eigenvalue weighted by Crippen LogP contribution is -2.28. The van der Waals surface area contributed by atoms with Gasteiger partial charge in [0.25, 0.3) is 0 Å². The fourth-order valence-electron chi connectivity index (χ4n) is 3.23. The normalized spacial score (nSPS) is 13.2. The van der Waals surface area contributed by atoms with Gasteiger partial charge in [-0.2, -0.15) is 4.52 Å². The second-order valence-electron chi connectivity index (χ2n) is 7.02. The summed E-state index contributed by atoms with van der Waals surface area (Å²) < 4.78 is 58.7. The zero-order valence-electron chi connectivity index (χ0n) is 17.1. The summed E-state index contributed by atoms with van der Waals surface area (Å²) in [5, 5.41) is 12.5. The number of nitrogens with one attached hydrogen (secondary N) is 1. The Hall–Kier alpha value is -3.77. The Labute approximate surface area is 188 Å². The van der Waals surface area contributed by atoms with Gasteiger partial charge in [0, 0.05) is 24.2 Å². The van der Waals surface area contributed by atoms with Gasteiger partial charge in [-0.1, -0.05) is 0 Å². The van der Waals surface area contributed by atoms with Crippen molar-refractivity contribution in [2.24, 2.45) is 0 Å². The molecule has 0 spiro atoms. The van der Waals surface area contributed by atoms with E-state index in [0.29, 0.717) is 41.7 Å². The first kappa shape index (κ1) is 21.1. The summed E-state index contributed by atoms with van der Waals surface area (Å²) in [5.74, 6) is 1.23. The molecule has 0 atom stereocenters. The van der Waals surface area contributed by atoms with Crippen LogP contribution in [0.15, 0.2) is 59.5 Å². The van der Waals surface area contributed by atoms with Crippen LogP contribution in [0.2, 0.25) is 0 Å². The van der Waals surface area contributed by atoms with E-state index in [2.05, 4.69) is 20.0 Å². The Morgan fingerprint density at radius 2 is 1.79 bits per heavy atom. The predicted octanol–water partition coefficient (Wildman–Crippen LogP) is 2.06. The molecule has 0 radical (unpaired) electrons. The second kappa shape index (κ2) is 8.64. The third-order valence-electron chi connectivity index (χ3n) is 4.81. The van der Waals surface area contributed by atoms with Crippen LogP contribution in [0.25, 0.3) is 17.0 Å². The Kier molecular flexibility index (Phi) is 5.52. The van der Waals surface area contributed by atoms with Crippen molar-refractivity contribution in [2.45, 2.75) is 4.90 Å². The van der Waals surface area contributed by atoms with Gasteiger partial charge in [0.05, 0.1) is 4.90 Å². The molecule has 0 aliphatic carbocycles. The maximum Gasteiger partial charge on any atom is 0.240 e. The molecule has 1 aliphatic rings. The minimum atomic E-state index is -3.76. The van der Waals surface area contributed by atoms with Gasteiger partial charge >= 0.3 is 0 Å². The molecule has 12 heteroatoms. The minimum Gasteiger partial charge on any atom is -0.486 e. The highest BCUT2D eigenvalue weighted by Gasteiger charge is 2.19. The van der Waals surface area contributed by atoms with Gasteiger partial charge in [0.15, 0.2) is 23.0 Å². The van der Waals surface area contributed by atoms with Gasteiger partial charge in [-0.05, 0) is 42.5 Å². The van der Waals surface area contributed by atoms with E-state index in [9.17, 15) is 12.8 Å².